The first-order chi connectivity index (χ1) is 11.4. The second-order valence-corrected chi connectivity index (χ2v) is 7.66. The second kappa shape index (κ2) is 7.60. The third-order valence-corrected chi connectivity index (χ3v) is 5.23. The number of benzene rings is 1. The summed E-state index contributed by atoms with van der Waals surface area (Å²) in [4.78, 5) is 16.2. The summed E-state index contributed by atoms with van der Waals surface area (Å²) in [6.07, 6.45) is 0. The molecule has 1 aromatic heterocycles. The van der Waals surface area contributed by atoms with Gasteiger partial charge in [-0.3, -0.25) is 9.52 Å². The van der Waals surface area contributed by atoms with Gasteiger partial charge in [0.1, 0.15) is 16.5 Å². The number of rotatable bonds is 7. The van der Waals surface area contributed by atoms with Crippen LogP contribution in [0.25, 0.3) is 0 Å². The molecule has 4 N–H and O–H groups in total. The van der Waals surface area contributed by atoms with Crippen molar-refractivity contribution in [1.29, 1.82) is 0 Å². The van der Waals surface area contributed by atoms with Crippen molar-refractivity contribution in [3.63, 3.8) is 0 Å². The SMILES string of the molecule is CCS(=O)(=O)Nc1ccc(NC(=O)c2csc(CN)n2)cc1OC. The van der Waals surface area contributed by atoms with Gasteiger partial charge in [-0.1, -0.05) is 0 Å². The normalized spacial score (nSPS) is 11.1. The van der Waals surface area contributed by atoms with Crippen LogP contribution in [0, 0.1) is 0 Å². The number of thiazole rings is 1. The molecule has 0 saturated heterocycles. The third kappa shape index (κ3) is 4.43. The number of nitrogens with two attached hydrogens (primary N) is 1. The lowest BCUT2D eigenvalue weighted by Crippen LogP contribution is -2.16. The summed E-state index contributed by atoms with van der Waals surface area (Å²) in [5.74, 6) is -0.136. The summed E-state index contributed by atoms with van der Waals surface area (Å²) in [6, 6.07) is 4.62. The Morgan fingerprint density at radius 2 is 2.17 bits per heavy atom. The number of carbonyl (C=O) groups is 1. The summed E-state index contributed by atoms with van der Waals surface area (Å²) in [7, 11) is -2.01. The summed E-state index contributed by atoms with van der Waals surface area (Å²) in [6.45, 7) is 1.81. The highest BCUT2D eigenvalue weighted by atomic mass is 32.2. The molecular formula is C14H18N4O4S2. The van der Waals surface area contributed by atoms with E-state index in [4.69, 9.17) is 10.5 Å². The van der Waals surface area contributed by atoms with Crippen LogP contribution in [0.1, 0.15) is 22.4 Å². The standard InChI is InChI=1S/C14H18N4O4S2/c1-3-24(20,21)18-10-5-4-9(6-12(10)22-2)16-14(19)11-8-23-13(7-15)17-11/h4-6,8,18H,3,7,15H2,1-2H3,(H,16,19). The molecule has 2 aromatic rings. The fourth-order valence-corrected chi connectivity index (χ4v) is 3.10. The first kappa shape index (κ1) is 18.2. The van der Waals surface area contributed by atoms with Crippen LogP contribution in [-0.4, -0.2) is 32.2 Å². The highest BCUT2D eigenvalue weighted by Gasteiger charge is 2.14. The molecule has 0 spiro atoms. The molecule has 1 heterocycles. The summed E-state index contributed by atoms with van der Waals surface area (Å²) < 4.78 is 30.9. The molecule has 0 unspecified atom stereocenters. The van der Waals surface area contributed by atoms with Gasteiger partial charge < -0.3 is 15.8 Å². The summed E-state index contributed by atoms with van der Waals surface area (Å²) >= 11 is 1.31. The number of anilines is 2. The molecule has 8 nitrogen and oxygen atoms in total. The molecule has 0 saturated carbocycles. The molecule has 130 valence electrons. The zero-order chi connectivity index (χ0) is 17.7. The molecule has 0 bridgehead atoms. The zero-order valence-corrected chi connectivity index (χ0v) is 14.8. The number of methoxy groups -OCH3 is 1. The van der Waals surface area contributed by atoms with E-state index in [0.717, 1.165) is 0 Å². The van der Waals surface area contributed by atoms with E-state index in [1.807, 2.05) is 0 Å². The molecule has 0 atom stereocenters. The smallest absolute Gasteiger partial charge is 0.275 e. The number of carbonyl (C=O) groups excluding carboxylic acids is 1. The number of ether oxygens (including phenoxy) is 1. The van der Waals surface area contributed by atoms with Crippen molar-refractivity contribution in [3.8, 4) is 5.75 Å². The summed E-state index contributed by atoms with van der Waals surface area (Å²) in [5, 5.41) is 4.97. The van der Waals surface area contributed by atoms with Gasteiger partial charge in [-0.15, -0.1) is 11.3 Å². The van der Waals surface area contributed by atoms with Crippen LogP contribution in [0.5, 0.6) is 5.75 Å². The molecule has 0 aliphatic rings. The zero-order valence-electron chi connectivity index (χ0n) is 13.2. The van der Waals surface area contributed by atoms with Gasteiger partial charge in [0.2, 0.25) is 10.0 Å². The first-order valence-corrected chi connectivity index (χ1v) is 9.56. The number of amides is 1. The molecule has 0 aliphatic heterocycles. The maximum Gasteiger partial charge on any atom is 0.275 e. The van der Waals surface area contributed by atoms with E-state index in [1.165, 1.54) is 37.5 Å². The van der Waals surface area contributed by atoms with Crippen LogP contribution in [0.15, 0.2) is 23.6 Å². The van der Waals surface area contributed by atoms with Crippen molar-refractivity contribution in [2.45, 2.75) is 13.5 Å². The number of hydrogen-bond donors (Lipinski definition) is 3. The van der Waals surface area contributed by atoms with E-state index >= 15 is 0 Å². The minimum atomic E-state index is -3.42. The van der Waals surface area contributed by atoms with E-state index in [9.17, 15) is 13.2 Å². The Hall–Kier alpha value is -2.17. The fourth-order valence-electron chi connectivity index (χ4n) is 1.80. The Morgan fingerprint density at radius 3 is 2.75 bits per heavy atom. The minimum absolute atomic E-state index is 0.0536. The summed E-state index contributed by atoms with van der Waals surface area (Å²) in [5.41, 5.74) is 6.51. The quantitative estimate of drug-likeness (QED) is 0.680. The van der Waals surface area contributed by atoms with Crippen molar-refractivity contribution in [2.24, 2.45) is 5.73 Å². The number of sulfonamides is 1. The maximum absolute atomic E-state index is 12.1. The van der Waals surface area contributed by atoms with Crippen molar-refractivity contribution in [3.05, 3.63) is 34.3 Å². The molecular weight excluding hydrogens is 352 g/mol. The predicted octanol–water partition coefficient (Wildman–Crippen LogP) is 1.62. The van der Waals surface area contributed by atoms with Crippen molar-refractivity contribution in [2.75, 3.05) is 22.9 Å². The van der Waals surface area contributed by atoms with E-state index in [0.29, 0.717) is 22.1 Å². The Bertz CT molecular complexity index is 833. The lowest BCUT2D eigenvalue weighted by atomic mass is 10.2. The Labute approximate surface area is 144 Å². The Morgan fingerprint density at radius 1 is 1.42 bits per heavy atom. The molecule has 1 amide bonds. The molecule has 1 aromatic carbocycles. The van der Waals surface area contributed by atoms with Crippen molar-refractivity contribution < 1.29 is 17.9 Å². The van der Waals surface area contributed by atoms with Gasteiger partial charge in [-0.05, 0) is 19.1 Å². The van der Waals surface area contributed by atoms with Crippen molar-refractivity contribution in [1.82, 2.24) is 4.98 Å². The van der Waals surface area contributed by atoms with E-state index in [1.54, 1.807) is 11.4 Å². The van der Waals surface area contributed by atoms with Crippen LogP contribution < -0.4 is 20.5 Å². The highest BCUT2D eigenvalue weighted by molar-refractivity contribution is 7.92. The first-order valence-electron chi connectivity index (χ1n) is 7.03. The third-order valence-electron chi connectivity index (χ3n) is 3.06. The predicted molar refractivity (Wildman–Crippen MR) is 94.0 cm³/mol. The average molecular weight is 370 g/mol. The second-order valence-electron chi connectivity index (χ2n) is 4.71. The van der Waals surface area contributed by atoms with Crippen LogP contribution in [0.4, 0.5) is 11.4 Å². The van der Waals surface area contributed by atoms with Crippen LogP contribution in [0.3, 0.4) is 0 Å². The molecule has 24 heavy (non-hydrogen) atoms. The van der Waals surface area contributed by atoms with Crippen LogP contribution >= 0.6 is 11.3 Å². The monoisotopic (exact) mass is 370 g/mol. The highest BCUT2D eigenvalue weighted by Crippen LogP contribution is 2.29. The number of aromatic nitrogens is 1. The molecule has 0 radical (unpaired) electrons. The van der Waals surface area contributed by atoms with E-state index in [-0.39, 0.29) is 23.9 Å². The number of nitrogens with one attached hydrogen (secondary N) is 2. The van der Waals surface area contributed by atoms with Gasteiger partial charge in [0.15, 0.2) is 0 Å². The van der Waals surface area contributed by atoms with Gasteiger partial charge in [0.05, 0.1) is 18.6 Å². The number of nitrogens with zero attached hydrogens (tertiary/aromatic N) is 1. The van der Waals surface area contributed by atoms with E-state index < -0.39 is 10.0 Å². The van der Waals surface area contributed by atoms with Gasteiger partial charge in [0.25, 0.3) is 5.91 Å². The van der Waals surface area contributed by atoms with Crippen molar-refractivity contribution >= 4 is 38.6 Å². The minimum Gasteiger partial charge on any atom is -0.494 e. The lowest BCUT2D eigenvalue weighted by molar-refractivity contribution is 0.102. The van der Waals surface area contributed by atoms with Crippen LogP contribution in [0.2, 0.25) is 0 Å². The lowest BCUT2D eigenvalue weighted by Gasteiger charge is -2.12. The van der Waals surface area contributed by atoms with Crippen LogP contribution in [-0.2, 0) is 16.6 Å². The van der Waals surface area contributed by atoms with E-state index in [2.05, 4.69) is 15.0 Å². The Kier molecular flexibility index (Phi) is 5.75. The molecule has 0 fully saturated rings. The fraction of sp³-hybridized carbons (Fsp3) is 0.286. The maximum atomic E-state index is 12.1. The molecule has 0 aliphatic carbocycles. The van der Waals surface area contributed by atoms with Gasteiger partial charge in [-0.2, -0.15) is 0 Å². The van der Waals surface area contributed by atoms with Gasteiger partial charge in [0, 0.05) is 23.7 Å². The molecule has 10 heteroatoms. The van der Waals surface area contributed by atoms with Gasteiger partial charge in [-0.25, -0.2) is 13.4 Å². The average Bonchev–Trinajstić information content (AvgIpc) is 3.05. The molecule has 2 rings (SSSR count). The number of hydrogen-bond acceptors (Lipinski definition) is 7. The Balaban J connectivity index is 2.18. The topological polar surface area (TPSA) is 123 Å². The van der Waals surface area contributed by atoms with Gasteiger partial charge >= 0.3 is 0 Å². The largest absolute Gasteiger partial charge is 0.494 e.